The van der Waals surface area contributed by atoms with Crippen molar-refractivity contribution in [3.63, 3.8) is 0 Å². The maximum atomic E-state index is 14.2. The smallest absolute Gasteiger partial charge is 0.338 e. The van der Waals surface area contributed by atoms with Crippen LogP contribution in [0.15, 0.2) is 106 Å². The van der Waals surface area contributed by atoms with Gasteiger partial charge in [0.25, 0.3) is 5.56 Å². The van der Waals surface area contributed by atoms with Crippen LogP contribution in [0, 0.1) is 11.3 Å². The van der Waals surface area contributed by atoms with Gasteiger partial charge in [-0.05, 0) is 66.1 Å². The minimum Gasteiger partial charge on any atom is -0.488 e. The van der Waals surface area contributed by atoms with Crippen LogP contribution in [-0.4, -0.2) is 17.1 Å². The summed E-state index contributed by atoms with van der Waals surface area (Å²) >= 11 is 7.88. The number of hydrogen-bond donors (Lipinski definition) is 0. The number of carbonyl (C=O) groups is 1. The van der Waals surface area contributed by atoms with Gasteiger partial charge in [-0.3, -0.25) is 9.36 Å². The van der Waals surface area contributed by atoms with Gasteiger partial charge in [0.15, 0.2) is 4.80 Å². The molecule has 0 amide bonds. The van der Waals surface area contributed by atoms with Gasteiger partial charge in [0.2, 0.25) is 0 Å². The third kappa shape index (κ3) is 5.44. The molecule has 0 radical (unpaired) electrons. The van der Waals surface area contributed by atoms with Gasteiger partial charge in [0.1, 0.15) is 18.4 Å². The van der Waals surface area contributed by atoms with Crippen molar-refractivity contribution in [1.82, 2.24) is 4.57 Å². The number of aromatic nitrogens is 1. The molecule has 2 heterocycles. The molecule has 1 aliphatic rings. The van der Waals surface area contributed by atoms with E-state index in [-0.39, 0.29) is 24.3 Å². The Labute approximate surface area is 262 Å². The first-order chi connectivity index (χ1) is 21.4. The maximum Gasteiger partial charge on any atom is 0.338 e. The lowest BCUT2D eigenvalue weighted by molar-refractivity contribution is -0.139. The van der Waals surface area contributed by atoms with Crippen LogP contribution in [-0.2, 0) is 16.1 Å². The number of thiazole rings is 1. The van der Waals surface area contributed by atoms with Crippen LogP contribution in [0.1, 0.15) is 42.1 Å². The standard InChI is InChI=1S/C35H26ClN3O4S/c1-3-42-34(41)31-21(2)38-35-39(32(31)26-10-6-7-11-28(26)36)33(40)30(44-35)18-27-25-9-5-4-8-24(25)16-17-29(27)43-20-23-14-12-22(19-37)13-15-23/h4-18,32H,3,20H2,1-2H3/b30-18-/t32-/m0/s1. The van der Waals surface area contributed by atoms with Crippen LogP contribution in [0.3, 0.4) is 0 Å². The first-order valence-electron chi connectivity index (χ1n) is 14.0. The largest absolute Gasteiger partial charge is 0.488 e. The molecule has 0 bridgehead atoms. The molecule has 1 aromatic heterocycles. The van der Waals surface area contributed by atoms with Gasteiger partial charge in [-0.15, -0.1) is 0 Å². The van der Waals surface area contributed by atoms with Crippen molar-refractivity contribution < 1.29 is 14.3 Å². The number of ether oxygens (including phenoxy) is 2. The molecule has 7 nitrogen and oxygen atoms in total. The number of rotatable bonds is 7. The molecule has 218 valence electrons. The number of nitrogens with zero attached hydrogens (tertiary/aromatic N) is 3. The van der Waals surface area contributed by atoms with E-state index in [2.05, 4.69) is 11.1 Å². The number of nitriles is 1. The van der Waals surface area contributed by atoms with Crippen molar-refractivity contribution in [2.75, 3.05) is 6.61 Å². The van der Waals surface area contributed by atoms with E-state index < -0.39 is 12.0 Å². The quantitative estimate of drug-likeness (QED) is 0.207. The fraction of sp³-hybridized carbons (Fsp3) is 0.143. The SMILES string of the molecule is CCOC(=O)C1=C(C)N=c2s/c(=C\c3c(OCc4ccc(C#N)cc4)ccc4ccccc34)c(=O)n2[C@H]1c1ccccc1Cl. The highest BCUT2D eigenvalue weighted by molar-refractivity contribution is 7.07. The fourth-order valence-electron chi connectivity index (χ4n) is 5.30. The Morgan fingerprint density at radius 1 is 1.07 bits per heavy atom. The molecule has 0 fully saturated rings. The summed E-state index contributed by atoms with van der Waals surface area (Å²) in [6.07, 6.45) is 1.83. The summed E-state index contributed by atoms with van der Waals surface area (Å²) in [6, 6.07) is 27.5. The van der Waals surface area contributed by atoms with Crippen LogP contribution >= 0.6 is 22.9 Å². The highest BCUT2D eigenvalue weighted by atomic mass is 35.5. The molecule has 0 saturated heterocycles. The van der Waals surface area contributed by atoms with E-state index in [0.29, 0.717) is 36.9 Å². The molecule has 5 aromatic rings. The molecule has 0 spiro atoms. The van der Waals surface area contributed by atoms with Crippen LogP contribution in [0.25, 0.3) is 16.8 Å². The monoisotopic (exact) mass is 619 g/mol. The molecule has 4 aromatic carbocycles. The van der Waals surface area contributed by atoms with E-state index in [0.717, 1.165) is 21.9 Å². The number of benzene rings is 4. The van der Waals surface area contributed by atoms with Gasteiger partial charge in [0, 0.05) is 10.6 Å². The number of fused-ring (bicyclic) bond motifs is 2. The van der Waals surface area contributed by atoms with Gasteiger partial charge in [0.05, 0.1) is 34.0 Å². The summed E-state index contributed by atoms with van der Waals surface area (Å²) in [6.45, 7) is 3.94. The fourth-order valence-corrected chi connectivity index (χ4v) is 6.57. The van der Waals surface area contributed by atoms with E-state index in [4.69, 9.17) is 26.3 Å². The number of allylic oxidation sites excluding steroid dienone is 1. The number of hydrogen-bond acceptors (Lipinski definition) is 7. The molecule has 1 atom stereocenters. The van der Waals surface area contributed by atoms with E-state index >= 15 is 0 Å². The van der Waals surface area contributed by atoms with E-state index in [1.165, 1.54) is 15.9 Å². The second kappa shape index (κ2) is 12.3. The lowest BCUT2D eigenvalue weighted by Crippen LogP contribution is -2.40. The Balaban J connectivity index is 1.52. The molecule has 0 aliphatic carbocycles. The van der Waals surface area contributed by atoms with E-state index in [1.54, 1.807) is 38.1 Å². The number of carbonyl (C=O) groups excluding carboxylic acids is 1. The summed E-state index contributed by atoms with van der Waals surface area (Å²) in [5.74, 6) is 0.0606. The van der Waals surface area contributed by atoms with Gasteiger partial charge in [-0.1, -0.05) is 83.6 Å². The summed E-state index contributed by atoms with van der Waals surface area (Å²) in [5, 5.41) is 11.5. The molecular formula is C35H26ClN3O4S. The topological polar surface area (TPSA) is 93.7 Å². The van der Waals surface area contributed by atoms with Crippen LogP contribution in [0.2, 0.25) is 5.02 Å². The Morgan fingerprint density at radius 2 is 1.82 bits per heavy atom. The Morgan fingerprint density at radius 3 is 2.57 bits per heavy atom. The minimum absolute atomic E-state index is 0.182. The lowest BCUT2D eigenvalue weighted by atomic mass is 9.96. The zero-order chi connectivity index (χ0) is 30.8. The van der Waals surface area contributed by atoms with Crippen molar-refractivity contribution in [3.05, 3.63) is 143 Å². The Bertz CT molecular complexity index is 2180. The zero-order valence-electron chi connectivity index (χ0n) is 23.9. The molecule has 0 N–H and O–H groups in total. The molecule has 44 heavy (non-hydrogen) atoms. The molecule has 9 heteroatoms. The third-order valence-electron chi connectivity index (χ3n) is 7.40. The second-order valence-corrected chi connectivity index (χ2v) is 11.5. The van der Waals surface area contributed by atoms with Crippen LogP contribution in [0.4, 0.5) is 0 Å². The molecular weight excluding hydrogens is 594 g/mol. The van der Waals surface area contributed by atoms with Crippen molar-refractivity contribution in [3.8, 4) is 11.8 Å². The summed E-state index contributed by atoms with van der Waals surface area (Å²) in [5.41, 5.74) is 3.27. The van der Waals surface area contributed by atoms with Gasteiger partial charge >= 0.3 is 5.97 Å². The predicted molar refractivity (Wildman–Crippen MR) is 171 cm³/mol. The Kier molecular flexibility index (Phi) is 8.16. The maximum absolute atomic E-state index is 14.2. The Hall–Kier alpha value is -4.97. The average molecular weight is 620 g/mol. The van der Waals surface area contributed by atoms with Crippen LogP contribution in [0.5, 0.6) is 5.75 Å². The average Bonchev–Trinajstić information content (AvgIpc) is 3.34. The normalized spacial score (nSPS) is 14.6. The second-order valence-electron chi connectivity index (χ2n) is 10.1. The lowest BCUT2D eigenvalue weighted by Gasteiger charge is -2.25. The van der Waals surface area contributed by atoms with Gasteiger partial charge < -0.3 is 9.47 Å². The molecule has 6 rings (SSSR count). The highest BCUT2D eigenvalue weighted by Crippen LogP contribution is 2.35. The first-order valence-corrected chi connectivity index (χ1v) is 15.2. The number of esters is 1. The highest BCUT2D eigenvalue weighted by Gasteiger charge is 2.34. The van der Waals surface area contributed by atoms with Crippen molar-refractivity contribution >= 4 is 45.8 Å². The number of halogens is 1. The molecule has 0 saturated carbocycles. The van der Waals surface area contributed by atoms with Crippen LogP contribution < -0.4 is 19.6 Å². The summed E-state index contributed by atoms with van der Waals surface area (Å²) in [4.78, 5) is 32.6. The van der Waals surface area contributed by atoms with Gasteiger partial charge in [-0.2, -0.15) is 5.26 Å². The summed E-state index contributed by atoms with van der Waals surface area (Å²) < 4.78 is 13.6. The van der Waals surface area contributed by atoms with E-state index in [1.807, 2.05) is 66.7 Å². The predicted octanol–water partition coefficient (Wildman–Crippen LogP) is 6.06. The zero-order valence-corrected chi connectivity index (χ0v) is 25.5. The van der Waals surface area contributed by atoms with Crippen molar-refractivity contribution in [2.24, 2.45) is 4.99 Å². The van der Waals surface area contributed by atoms with Crippen molar-refractivity contribution in [2.45, 2.75) is 26.5 Å². The molecule has 1 aliphatic heterocycles. The van der Waals surface area contributed by atoms with E-state index in [9.17, 15) is 9.59 Å². The first kappa shape index (κ1) is 29.1. The summed E-state index contributed by atoms with van der Waals surface area (Å²) in [7, 11) is 0. The minimum atomic E-state index is -0.805. The van der Waals surface area contributed by atoms with Gasteiger partial charge in [-0.25, -0.2) is 9.79 Å². The van der Waals surface area contributed by atoms with Crippen molar-refractivity contribution in [1.29, 1.82) is 5.26 Å². The molecule has 0 unspecified atom stereocenters. The third-order valence-corrected chi connectivity index (χ3v) is 8.73.